The number of aromatic nitrogens is 2. The van der Waals surface area contributed by atoms with E-state index in [1.54, 1.807) is 0 Å². The third kappa shape index (κ3) is 1.30. The molecule has 1 aromatic heterocycles. The quantitative estimate of drug-likeness (QED) is 0.562. The second-order valence-electron chi connectivity index (χ2n) is 3.73. The van der Waals surface area contributed by atoms with Crippen LogP contribution >= 0.6 is 0 Å². The molecule has 0 aromatic carbocycles. The monoisotopic (exact) mass is 239 g/mol. The fraction of sp³-hybridized carbons (Fsp3) is 0.333. The van der Waals surface area contributed by atoms with Gasteiger partial charge in [0.15, 0.2) is 5.92 Å². The van der Waals surface area contributed by atoms with Crippen LogP contribution in [0.15, 0.2) is 9.59 Å². The van der Waals surface area contributed by atoms with Crippen LogP contribution in [0.4, 0.5) is 5.82 Å². The molecular formula is C9H9N3O5. The molecule has 0 saturated heterocycles. The van der Waals surface area contributed by atoms with Crippen molar-refractivity contribution in [2.24, 2.45) is 14.1 Å². The zero-order valence-corrected chi connectivity index (χ0v) is 9.05. The normalized spacial score (nSPS) is 17.8. The van der Waals surface area contributed by atoms with E-state index in [0.717, 1.165) is 9.13 Å². The number of fused-ring (bicyclic) bond motifs is 1. The highest BCUT2D eigenvalue weighted by atomic mass is 16.4. The largest absolute Gasteiger partial charge is 0.480 e. The number of carboxylic acid groups (broad SMARTS) is 1. The molecule has 8 nitrogen and oxygen atoms in total. The maximum absolute atomic E-state index is 11.8. The van der Waals surface area contributed by atoms with Crippen molar-refractivity contribution in [3.63, 3.8) is 0 Å². The summed E-state index contributed by atoms with van der Waals surface area (Å²) in [6.07, 6.45) is 0. The van der Waals surface area contributed by atoms with E-state index in [9.17, 15) is 19.2 Å². The van der Waals surface area contributed by atoms with E-state index >= 15 is 0 Å². The van der Waals surface area contributed by atoms with Gasteiger partial charge in [-0.05, 0) is 0 Å². The lowest BCUT2D eigenvalue weighted by Gasteiger charge is -2.08. The number of nitrogens with one attached hydrogen (secondary N) is 1. The second kappa shape index (κ2) is 3.30. The molecule has 17 heavy (non-hydrogen) atoms. The zero-order chi connectivity index (χ0) is 12.9. The summed E-state index contributed by atoms with van der Waals surface area (Å²) in [5.41, 5.74) is -1.60. The van der Waals surface area contributed by atoms with E-state index in [1.807, 2.05) is 0 Å². The van der Waals surface area contributed by atoms with E-state index in [1.165, 1.54) is 14.1 Å². The third-order valence-electron chi connectivity index (χ3n) is 2.74. The summed E-state index contributed by atoms with van der Waals surface area (Å²) >= 11 is 0. The number of anilines is 1. The number of nitrogens with zero attached hydrogens (tertiary/aromatic N) is 2. The maximum Gasteiger partial charge on any atom is 0.332 e. The highest BCUT2D eigenvalue weighted by Crippen LogP contribution is 2.27. The van der Waals surface area contributed by atoms with E-state index in [4.69, 9.17) is 5.11 Å². The lowest BCUT2D eigenvalue weighted by molar-refractivity contribution is -0.141. The van der Waals surface area contributed by atoms with Crippen molar-refractivity contribution in [1.29, 1.82) is 0 Å². The first-order valence-corrected chi connectivity index (χ1v) is 4.69. The molecule has 2 rings (SSSR count). The first-order valence-electron chi connectivity index (χ1n) is 4.69. The summed E-state index contributed by atoms with van der Waals surface area (Å²) in [5.74, 6) is -3.84. The first kappa shape index (κ1) is 11.1. The van der Waals surface area contributed by atoms with Crippen molar-refractivity contribution >= 4 is 17.7 Å². The molecule has 0 fully saturated rings. The van der Waals surface area contributed by atoms with Crippen LogP contribution in [0.3, 0.4) is 0 Å². The number of carboxylic acids is 1. The van der Waals surface area contributed by atoms with Gasteiger partial charge in [-0.25, -0.2) is 4.79 Å². The molecule has 0 radical (unpaired) electrons. The Balaban J connectivity index is 2.90. The number of carbonyl (C=O) groups excluding carboxylic acids is 1. The molecule has 90 valence electrons. The minimum Gasteiger partial charge on any atom is -0.480 e. The maximum atomic E-state index is 11.8. The van der Waals surface area contributed by atoms with Gasteiger partial charge >= 0.3 is 11.7 Å². The van der Waals surface area contributed by atoms with Crippen molar-refractivity contribution in [2.75, 3.05) is 5.32 Å². The van der Waals surface area contributed by atoms with Crippen LogP contribution in [0.1, 0.15) is 11.5 Å². The smallest absolute Gasteiger partial charge is 0.332 e. The Bertz CT molecular complexity index is 654. The van der Waals surface area contributed by atoms with Gasteiger partial charge in [0, 0.05) is 14.1 Å². The molecule has 1 atom stereocenters. The van der Waals surface area contributed by atoms with Gasteiger partial charge in [0.05, 0.1) is 5.56 Å². The standard InChI is InChI=1S/C9H9N3O5/c1-11-5-3(7(14)12(2)9(11)17)4(8(15)16)6(13)10-5/h4H,1-2H3,(H,10,13)(H,15,16). The Morgan fingerprint density at radius 1 is 1.24 bits per heavy atom. The van der Waals surface area contributed by atoms with Crippen LogP contribution in [0.2, 0.25) is 0 Å². The first-order chi connectivity index (χ1) is 7.86. The van der Waals surface area contributed by atoms with Crippen LogP contribution in [-0.2, 0) is 23.7 Å². The number of hydrogen-bond donors (Lipinski definition) is 2. The summed E-state index contributed by atoms with van der Waals surface area (Å²) in [6, 6.07) is 0. The second-order valence-corrected chi connectivity index (χ2v) is 3.73. The fourth-order valence-corrected chi connectivity index (χ4v) is 1.84. The van der Waals surface area contributed by atoms with Crippen LogP contribution in [0.25, 0.3) is 0 Å². The van der Waals surface area contributed by atoms with E-state index in [-0.39, 0.29) is 11.4 Å². The molecule has 1 unspecified atom stereocenters. The number of aliphatic carboxylic acids is 1. The van der Waals surface area contributed by atoms with Crippen molar-refractivity contribution in [3.8, 4) is 0 Å². The Kier molecular flexibility index (Phi) is 2.16. The molecular weight excluding hydrogens is 230 g/mol. The molecule has 1 aliphatic heterocycles. The van der Waals surface area contributed by atoms with Crippen molar-refractivity contribution in [2.45, 2.75) is 5.92 Å². The highest BCUT2D eigenvalue weighted by molar-refractivity contribution is 6.13. The molecule has 2 heterocycles. The van der Waals surface area contributed by atoms with Crippen LogP contribution in [-0.4, -0.2) is 26.1 Å². The molecule has 1 aliphatic rings. The highest BCUT2D eigenvalue weighted by Gasteiger charge is 2.41. The molecule has 8 heteroatoms. The Morgan fingerprint density at radius 2 is 1.82 bits per heavy atom. The topological polar surface area (TPSA) is 110 Å². The van der Waals surface area contributed by atoms with Gasteiger partial charge < -0.3 is 10.4 Å². The molecule has 0 aliphatic carbocycles. The number of rotatable bonds is 1. The summed E-state index contributed by atoms with van der Waals surface area (Å²) in [7, 11) is 2.58. The minimum atomic E-state index is -1.56. The van der Waals surface area contributed by atoms with Crippen molar-refractivity contribution in [3.05, 3.63) is 26.4 Å². The van der Waals surface area contributed by atoms with E-state index in [0.29, 0.717) is 0 Å². The van der Waals surface area contributed by atoms with Gasteiger partial charge in [-0.1, -0.05) is 0 Å². The minimum absolute atomic E-state index is 0.0458. The summed E-state index contributed by atoms with van der Waals surface area (Å²) in [4.78, 5) is 45.7. The molecule has 0 spiro atoms. The predicted octanol–water partition coefficient (Wildman–Crippen LogP) is -1.80. The molecule has 1 aromatic rings. The van der Waals surface area contributed by atoms with Gasteiger partial charge in [-0.2, -0.15) is 0 Å². The Hall–Kier alpha value is -2.38. The van der Waals surface area contributed by atoms with Gasteiger partial charge in [0.25, 0.3) is 5.56 Å². The third-order valence-corrected chi connectivity index (χ3v) is 2.74. The zero-order valence-electron chi connectivity index (χ0n) is 9.05. The van der Waals surface area contributed by atoms with Crippen LogP contribution in [0, 0.1) is 0 Å². The molecule has 0 saturated carbocycles. The SMILES string of the molecule is Cn1c2c(c(=O)n(C)c1=O)C(C(=O)O)C(=O)N2. The van der Waals surface area contributed by atoms with E-state index in [2.05, 4.69) is 5.32 Å². The fourth-order valence-electron chi connectivity index (χ4n) is 1.84. The average molecular weight is 239 g/mol. The molecule has 1 amide bonds. The van der Waals surface area contributed by atoms with Gasteiger partial charge in [0.1, 0.15) is 5.82 Å². The summed E-state index contributed by atoms with van der Waals surface area (Å²) in [5, 5.41) is 11.1. The number of carbonyl (C=O) groups is 2. The lowest BCUT2D eigenvalue weighted by Crippen LogP contribution is -2.39. The number of hydrogen-bond acceptors (Lipinski definition) is 4. The van der Waals surface area contributed by atoms with Crippen molar-refractivity contribution in [1.82, 2.24) is 9.13 Å². The van der Waals surface area contributed by atoms with Crippen LogP contribution < -0.4 is 16.6 Å². The summed E-state index contributed by atoms with van der Waals surface area (Å²) < 4.78 is 1.81. The number of amides is 1. The summed E-state index contributed by atoms with van der Waals surface area (Å²) in [6.45, 7) is 0. The average Bonchev–Trinajstić information content (AvgIpc) is 2.61. The lowest BCUT2D eigenvalue weighted by atomic mass is 10.0. The predicted molar refractivity (Wildman–Crippen MR) is 55.9 cm³/mol. The Morgan fingerprint density at radius 3 is 2.35 bits per heavy atom. The molecule has 2 N–H and O–H groups in total. The molecule has 0 bridgehead atoms. The Labute approximate surface area is 94.1 Å². The van der Waals surface area contributed by atoms with Gasteiger partial charge in [0.2, 0.25) is 5.91 Å². The van der Waals surface area contributed by atoms with Crippen LogP contribution in [0.5, 0.6) is 0 Å². The van der Waals surface area contributed by atoms with E-state index < -0.39 is 29.0 Å². The van der Waals surface area contributed by atoms with Gasteiger partial charge in [-0.3, -0.25) is 23.5 Å². The van der Waals surface area contributed by atoms with Crippen molar-refractivity contribution < 1.29 is 14.7 Å². The van der Waals surface area contributed by atoms with Gasteiger partial charge in [-0.15, -0.1) is 0 Å².